The van der Waals surface area contributed by atoms with Gasteiger partial charge >= 0.3 is 17.9 Å². The zero-order valence-electron chi connectivity index (χ0n) is 26.6. The van der Waals surface area contributed by atoms with Crippen molar-refractivity contribution in [3.63, 3.8) is 0 Å². The standard InChI is InChI=1S/C35H33N5O8/c1-18-5-11-21(12-6-18)31(42)45-17-24-28(47-32(43)22-13-7-19(2)8-14-22)35(4,48-33(44)23-15-9-20(3)10-16-23)29(46-24)26-25-27(40-39-26)30(41)38-34(36)37-25/h5-16,24,28-29H,17H2,1-4H3,(H,39,40)(H3,36,37,38,41)/t24-,28-,29+,35-/m1/s1. The second kappa shape index (κ2) is 12.8. The first kappa shape index (κ1) is 32.1. The fourth-order valence-corrected chi connectivity index (χ4v) is 5.57. The highest BCUT2D eigenvalue weighted by Crippen LogP contribution is 2.47. The van der Waals surface area contributed by atoms with E-state index in [4.69, 9.17) is 24.7 Å². The summed E-state index contributed by atoms with van der Waals surface area (Å²) in [5.41, 5.74) is 7.17. The predicted octanol–water partition coefficient (Wildman–Crippen LogP) is 4.29. The van der Waals surface area contributed by atoms with Crippen molar-refractivity contribution in [3.05, 3.63) is 122 Å². The molecule has 3 heterocycles. The van der Waals surface area contributed by atoms with Crippen LogP contribution in [-0.2, 0) is 18.9 Å². The van der Waals surface area contributed by atoms with Gasteiger partial charge in [0.15, 0.2) is 17.2 Å². The van der Waals surface area contributed by atoms with Crippen LogP contribution in [0.1, 0.15) is 66.5 Å². The second-order valence-electron chi connectivity index (χ2n) is 11.9. The van der Waals surface area contributed by atoms with Crippen LogP contribution in [0.3, 0.4) is 0 Å². The quantitative estimate of drug-likeness (QED) is 0.160. The number of nitrogens with zero attached hydrogens (tertiary/aromatic N) is 2. The summed E-state index contributed by atoms with van der Waals surface area (Å²) in [7, 11) is 0. The maximum Gasteiger partial charge on any atom is 0.338 e. The number of nitrogens with two attached hydrogens (primary N) is 1. The average molecular weight is 652 g/mol. The van der Waals surface area contributed by atoms with E-state index in [-0.39, 0.29) is 33.8 Å². The van der Waals surface area contributed by atoms with Crippen molar-refractivity contribution in [2.45, 2.75) is 51.6 Å². The molecule has 0 bridgehead atoms. The van der Waals surface area contributed by atoms with Crippen molar-refractivity contribution in [1.29, 1.82) is 0 Å². The number of nitrogens with one attached hydrogen (secondary N) is 2. The van der Waals surface area contributed by atoms with Gasteiger partial charge in [0.25, 0.3) is 5.56 Å². The van der Waals surface area contributed by atoms with Crippen molar-refractivity contribution < 1.29 is 33.3 Å². The van der Waals surface area contributed by atoms with Crippen molar-refractivity contribution >= 4 is 34.9 Å². The van der Waals surface area contributed by atoms with Gasteiger partial charge in [-0.05, 0) is 64.1 Å². The van der Waals surface area contributed by atoms with E-state index < -0.39 is 54.0 Å². The number of aromatic amines is 2. The summed E-state index contributed by atoms with van der Waals surface area (Å²) >= 11 is 0. The first-order valence-electron chi connectivity index (χ1n) is 15.1. The summed E-state index contributed by atoms with van der Waals surface area (Å²) in [4.78, 5) is 59.7. The molecule has 3 aromatic carbocycles. The lowest BCUT2D eigenvalue weighted by Crippen LogP contribution is -2.49. The summed E-state index contributed by atoms with van der Waals surface area (Å²) in [5.74, 6) is -2.30. The predicted molar refractivity (Wildman–Crippen MR) is 173 cm³/mol. The maximum atomic E-state index is 13.7. The van der Waals surface area contributed by atoms with E-state index in [0.29, 0.717) is 5.56 Å². The van der Waals surface area contributed by atoms with Crippen LogP contribution >= 0.6 is 0 Å². The molecule has 2 aromatic heterocycles. The molecule has 6 rings (SSSR count). The van der Waals surface area contributed by atoms with E-state index in [1.807, 2.05) is 20.8 Å². The minimum atomic E-state index is -1.79. The molecule has 5 aromatic rings. The van der Waals surface area contributed by atoms with Crippen molar-refractivity contribution in [2.24, 2.45) is 0 Å². The van der Waals surface area contributed by atoms with Gasteiger partial charge in [0.05, 0.1) is 22.4 Å². The number of nitrogen functional groups attached to an aromatic ring is 1. The molecule has 1 saturated heterocycles. The van der Waals surface area contributed by atoms with Crippen LogP contribution in [-0.4, -0.2) is 62.5 Å². The second-order valence-corrected chi connectivity index (χ2v) is 11.9. The van der Waals surface area contributed by atoms with Gasteiger partial charge in [-0.2, -0.15) is 5.10 Å². The maximum absolute atomic E-state index is 13.7. The minimum absolute atomic E-state index is 0.0553. The van der Waals surface area contributed by atoms with E-state index in [9.17, 15) is 19.2 Å². The van der Waals surface area contributed by atoms with E-state index in [1.165, 1.54) is 6.92 Å². The van der Waals surface area contributed by atoms with Crippen molar-refractivity contribution in [1.82, 2.24) is 20.2 Å². The largest absolute Gasteiger partial charge is 0.459 e. The molecule has 4 N–H and O–H groups in total. The summed E-state index contributed by atoms with van der Waals surface area (Å²) in [6, 6.07) is 20.2. The summed E-state index contributed by atoms with van der Waals surface area (Å²) < 4.78 is 24.4. The fourth-order valence-electron chi connectivity index (χ4n) is 5.57. The number of carbonyl (C=O) groups is 3. The zero-order valence-corrected chi connectivity index (χ0v) is 26.6. The minimum Gasteiger partial charge on any atom is -0.459 e. The van der Waals surface area contributed by atoms with Gasteiger partial charge in [-0.3, -0.25) is 14.9 Å². The van der Waals surface area contributed by atoms with Gasteiger partial charge in [0.1, 0.15) is 24.3 Å². The highest BCUT2D eigenvalue weighted by molar-refractivity contribution is 5.91. The lowest BCUT2D eigenvalue weighted by Gasteiger charge is -2.34. The van der Waals surface area contributed by atoms with Crippen LogP contribution in [0.25, 0.3) is 11.0 Å². The Bertz CT molecular complexity index is 2050. The Hall–Kier alpha value is -5.82. The van der Waals surface area contributed by atoms with Gasteiger partial charge in [0, 0.05) is 0 Å². The molecule has 4 atom stereocenters. The Kier molecular flexibility index (Phi) is 8.54. The van der Waals surface area contributed by atoms with Crippen LogP contribution < -0.4 is 11.3 Å². The van der Waals surface area contributed by atoms with E-state index >= 15 is 0 Å². The summed E-state index contributed by atoms with van der Waals surface area (Å²) in [6.07, 6.45) is -3.76. The number of H-pyrrole nitrogens is 2. The van der Waals surface area contributed by atoms with Crippen LogP contribution in [0.4, 0.5) is 5.95 Å². The third kappa shape index (κ3) is 6.27. The number of rotatable bonds is 8. The van der Waals surface area contributed by atoms with Gasteiger partial charge in [0.2, 0.25) is 5.95 Å². The molecule has 246 valence electrons. The number of aryl methyl sites for hydroxylation is 3. The Morgan fingerprint density at radius 2 is 1.33 bits per heavy atom. The number of hydrogen-bond donors (Lipinski definition) is 3. The van der Waals surface area contributed by atoms with E-state index in [0.717, 1.165) is 16.7 Å². The Balaban J connectivity index is 1.43. The number of aromatic nitrogens is 4. The number of anilines is 1. The number of fused-ring (bicyclic) bond motifs is 1. The molecule has 1 aliphatic rings. The SMILES string of the molecule is Cc1ccc(C(=O)OC[C@H]2O[C@@H](c3[nH]nc4c(=O)[nH]c(N)nc34)[C@](C)(OC(=O)c3ccc(C)cc3)[C@@H]2OC(=O)c2ccc(C)cc2)cc1. The Morgan fingerprint density at radius 1 is 0.812 bits per heavy atom. The first-order chi connectivity index (χ1) is 22.9. The molecule has 1 fully saturated rings. The van der Waals surface area contributed by atoms with Crippen molar-refractivity contribution in [3.8, 4) is 0 Å². The number of carbonyl (C=O) groups excluding carboxylic acids is 3. The van der Waals surface area contributed by atoms with E-state index in [1.54, 1.807) is 72.8 Å². The first-order valence-corrected chi connectivity index (χ1v) is 15.1. The van der Waals surface area contributed by atoms with Gasteiger partial charge in [-0.15, -0.1) is 0 Å². The third-order valence-corrected chi connectivity index (χ3v) is 8.24. The zero-order chi connectivity index (χ0) is 34.2. The highest BCUT2D eigenvalue weighted by Gasteiger charge is 2.61. The topological polar surface area (TPSA) is 189 Å². The lowest BCUT2D eigenvalue weighted by atomic mass is 9.89. The number of esters is 3. The van der Waals surface area contributed by atoms with E-state index in [2.05, 4.69) is 20.2 Å². The molecule has 0 saturated carbocycles. The molecule has 0 aliphatic carbocycles. The van der Waals surface area contributed by atoms with Crippen LogP contribution in [0, 0.1) is 20.8 Å². The molecule has 48 heavy (non-hydrogen) atoms. The van der Waals surface area contributed by atoms with Gasteiger partial charge in [-0.25, -0.2) is 19.4 Å². The average Bonchev–Trinajstić information content (AvgIpc) is 3.59. The highest BCUT2D eigenvalue weighted by atomic mass is 16.7. The Morgan fingerprint density at radius 3 is 1.90 bits per heavy atom. The lowest BCUT2D eigenvalue weighted by molar-refractivity contribution is -0.0894. The molecule has 0 spiro atoms. The molecule has 0 unspecified atom stereocenters. The summed E-state index contributed by atoms with van der Waals surface area (Å²) in [6.45, 7) is 6.79. The van der Waals surface area contributed by atoms with Gasteiger partial charge < -0.3 is 24.7 Å². The molecule has 13 heteroatoms. The van der Waals surface area contributed by atoms with Gasteiger partial charge in [-0.1, -0.05) is 53.1 Å². The smallest absolute Gasteiger partial charge is 0.338 e. The number of ether oxygens (including phenoxy) is 4. The molecule has 0 amide bonds. The number of hydrogen-bond acceptors (Lipinski definition) is 11. The van der Waals surface area contributed by atoms with Crippen LogP contribution in [0.5, 0.6) is 0 Å². The third-order valence-electron chi connectivity index (χ3n) is 8.24. The molecule has 1 aliphatic heterocycles. The molecular weight excluding hydrogens is 618 g/mol. The van der Waals surface area contributed by atoms with Crippen LogP contribution in [0.2, 0.25) is 0 Å². The molecular formula is C35H33N5O8. The Labute approximate surface area is 274 Å². The normalized spacial score (nSPS) is 20.4. The molecule has 0 radical (unpaired) electrons. The van der Waals surface area contributed by atoms with Crippen LogP contribution in [0.15, 0.2) is 77.6 Å². The van der Waals surface area contributed by atoms with Crippen molar-refractivity contribution in [2.75, 3.05) is 12.3 Å². The fraction of sp³-hybridized carbons (Fsp3) is 0.257. The molecule has 13 nitrogen and oxygen atoms in total. The monoisotopic (exact) mass is 651 g/mol. The number of benzene rings is 3. The summed E-state index contributed by atoms with van der Waals surface area (Å²) in [5, 5.41) is 6.88.